The van der Waals surface area contributed by atoms with Crippen molar-refractivity contribution < 1.29 is 0 Å². The smallest absolute Gasteiger partial charge is 0.229 e. The molecule has 0 atom stereocenters. The van der Waals surface area contributed by atoms with Crippen LogP contribution in [-0.4, -0.2) is 15.8 Å². The molecule has 3 rings (SSSR count). The number of anilines is 3. The maximum absolute atomic E-state index is 8.30. The van der Waals surface area contributed by atoms with Gasteiger partial charge in [0.15, 0.2) is 5.82 Å². The highest BCUT2D eigenvalue weighted by Crippen LogP contribution is 2.26. The highest BCUT2D eigenvalue weighted by Gasteiger charge is 2.11. The molecule has 1 aromatic heterocycles. The third-order valence-corrected chi connectivity index (χ3v) is 4.43. The lowest BCUT2D eigenvalue weighted by atomic mass is 10.1. The molecular weight excluding hydrogens is 402 g/mol. The zero-order valence-electron chi connectivity index (χ0n) is 13.3. The molecule has 0 aliphatic heterocycles. The first kappa shape index (κ1) is 17.4. The molecule has 0 radical (unpaired) electrons. The van der Waals surface area contributed by atoms with Crippen LogP contribution in [0.3, 0.4) is 0 Å². The number of para-hydroxylation sites is 1. The van der Waals surface area contributed by atoms with Gasteiger partial charge in [0.2, 0.25) is 5.95 Å². The second-order valence-electron chi connectivity index (χ2n) is 5.31. The zero-order valence-corrected chi connectivity index (χ0v) is 15.7. The molecule has 0 saturated heterocycles. The largest absolute Gasteiger partial charge is 0.324 e. The molecule has 0 unspecified atom stereocenters. The Labute approximate surface area is 159 Å². The number of aryl methyl sites for hydroxylation is 1. The van der Waals surface area contributed by atoms with Crippen LogP contribution in [0.2, 0.25) is 5.02 Å². The van der Waals surface area contributed by atoms with E-state index >= 15 is 0 Å². The highest BCUT2D eigenvalue weighted by atomic mass is 79.9. The summed E-state index contributed by atoms with van der Waals surface area (Å²) < 4.78 is 0.663. The zero-order chi connectivity index (χ0) is 17.8. The van der Waals surface area contributed by atoms with E-state index < -0.39 is 0 Å². The van der Waals surface area contributed by atoms with Gasteiger partial charge in [-0.25, -0.2) is 4.98 Å². The molecule has 126 valence electrons. The van der Waals surface area contributed by atoms with Gasteiger partial charge in [0, 0.05) is 11.8 Å². The third-order valence-electron chi connectivity index (χ3n) is 3.52. The van der Waals surface area contributed by atoms with Crippen LogP contribution < -0.4 is 10.6 Å². The van der Waals surface area contributed by atoms with Gasteiger partial charge in [-0.2, -0.15) is 4.98 Å². The Kier molecular flexibility index (Phi) is 5.31. The summed E-state index contributed by atoms with van der Waals surface area (Å²) in [5.41, 5.74) is 2.54. The van der Waals surface area contributed by atoms with Gasteiger partial charge in [0.25, 0.3) is 0 Å². The summed E-state index contributed by atoms with van der Waals surface area (Å²) in [4.78, 5) is 8.66. The van der Waals surface area contributed by atoms with Crippen molar-refractivity contribution in [1.29, 1.82) is 5.41 Å². The Bertz CT molecular complexity index is 929. The number of nitrogens with one attached hydrogen (secondary N) is 3. The van der Waals surface area contributed by atoms with Crippen LogP contribution in [0.5, 0.6) is 0 Å². The number of rotatable bonds is 4. The standard InChI is InChI=1S/C18H15BrClN5/c1-11-6-2-3-7-12(11)16(21)24-17-13(19)10-22-18(25-17)23-15-9-5-4-8-14(15)20/h2-10H,1H3,(H3,21,22,23,24,25). The van der Waals surface area contributed by atoms with Crippen molar-refractivity contribution in [3.8, 4) is 0 Å². The Morgan fingerprint density at radius 1 is 1.12 bits per heavy atom. The molecule has 2 aromatic carbocycles. The fourth-order valence-corrected chi connectivity index (χ4v) is 2.71. The number of halogens is 2. The fraction of sp³-hybridized carbons (Fsp3) is 0.0556. The number of aromatic nitrogens is 2. The lowest BCUT2D eigenvalue weighted by Crippen LogP contribution is -2.15. The number of hydrogen-bond acceptors (Lipinski definition) is 4. The van der Waals surface area contributed by atoms with Gasteiger partial charge in [-0.05, 0) is 40.5 Å². The number of amidine groups is 1. The van der Waals surface area contributed by atoms with Crippen molar-refractivity contribution in [2.24, 2.45) is 0 Å². The van der Waals surface area contributed by atoms with Crippen LogP contribution in [0.25, 0.3) is 0 Å². The molecule has 3 aromatic rings. The molecule has 7 heteroatoms. The topological polar surface area (TPSA) is 73.7 Å². The van der Waals surface area contributed by atoms with Crippen LogP contribution in [-0.2, 0) is 0 Å². The maximum atomic E-state index is 8.30. The summed E-state index contributed by atoms with van der Waals surface area (Å²) in [6.45, 7) is 1.96. The van der Waals surface area contributed by atoms with E-state index in [1.54, 1.807) is 12.3 Å². The lowest BCUT2D eigenvalue weighted by Gasteiger charge is -2.12. The summed E-state index contributed by atoms with van der Waals surface area (Å²) >= 11 is 9.56. The molecule has 0 bridgehead atoms. The Morgan fingerprint density at radius 2 is 1.84 bits per heavy atom. The van der Waals surface area contributed by atoms with Gasteiger partial charge in [0.1, 0.15) is 5.84 Å². The van der Waals surface area contributed by atoms with Crippen molar-refractivity contribution in [1.82, 2.24) is 9.97 Å². The Balaban J connectivity index is 1.84. The minimum atomic E-state index is 0.265. The second kappa shape index (κ2) is 7.63. The van der Waals surface area contributed by atoms with Crippen molar-refractivity contribution in [3.63, 3.8) is 0 Å². The Hall–Kier alpha value is -2.44. The average Bonchev–Trinajstić information content (AvgIpc) is 2.60. The molecule has 3 N–H and O–H groups in total. The van der Waals surface area contributed by atoms with Crippen molar-refractivity contribution in [2.45, 2.75) is 6.92 Å². The van der Waals surface area contributed by atoms with Crippen molar-refractivity contribution >= 4 is 50.8 Å². The molecule has 0 spiro atoms. The summed E-state index contributed by atoms with van der Waals surface area (Å²) in [6.07, 6.45) is 1.62. The molecule has 0 fully saturated rings. The lowest BCUT2D eigenvalue weighted by molar-refractivity contribution is 1.15. The molecular formula is C18H15BrClN5. The average molecular weight is 417 g/mol. The minimum absolute atomic E-state index is 0.265. The quantitative estimate of drug-likeness (QED) is 0.394. The first-order valence-electron chi connectivity index (χ1n) is 7.50. The fourth-order valence-electron chi connectivity index (χ4n) is 2.24. The van der Waals surface area contributed by atoms with E-state index in [1.165, 1.54) is 0 Å². The molecule has 0 saturated carbocycles. The van der Waals surface area contributed by atoms with Crippen LogP contribution in [0, 0.1) is 12.3 Å². The molecule has 0 aliphatic carbocycles. The highest BCUT2D eigenvalue weighted by molar-refractivity contribution is 9.10. The Morgan fingerprint density at radius 3 is 2.60 bits per heavy atom. The molecule has 5 nitrogen and oxygen atoms in total. The summed E-state index contributed by atoms with van der Waals surface area (Å²) in [6, 6.07) is 15.1. The molecule has 25 heavy (non-hydrogen) atoms. The van der Waals surface area contributed by atoms with E-state index in [-0.39, 0.29) is 5.84 Å². The number of hydrogen-bond donors (Lipinski definition) is 3. The van der Waals surface area contributed by atoms with Crippen LogP contribution in [0.15, 0.2) is 59.2 Å². The minimum Gasteiger partial charge on any atom is -0.324 e. The van der Waals surface area contributed by atoms with Gasteiger partial charge < -0.3 is 10.6 Å². The third kappa shape index (κ3) is 4.15. The predicted octanol–water partition coefficient (Wildman–Crippen LogP) is 5.38. The van der Waals surface area contributed by atoms with E-state index in [9.17, 15) is 0 Å². The van der Waals surface area contributed by atoms with Gasteiger partial charge in [-0.1, -0.05) is 48.0 Å². The predicted molar refractivity (Wildman–Crippen MR) is 106 cm³/mol. The van der Waals surface area contributed by atoms with Crippen LogP contribution in [0.4, 0.5) is 17.5 Å². The van der Waals surface area contributed by atoms with E-state index in [1.807, 2.05) is 49.4 Å². The van der Waals surface area contributed by atoms with Gasteiger partial charge in [0.05, 0.1) is 15.2 Å². The van der Waals surface area contributed by atoms with Gasteiger partial charge in [-0.3, -0.25) is 5.41 Å². The SMILES string of the molecule is Cc1ccccc1C(=N)Nc1nc(Nc2ccccc2Cl)ncc1Br. The van der Waals surface area contributed by atoms with Crippen LogP contribution >= 0.6 is 27.5 Å². The van der Waals surface area contributed by atoms with E-state index in [0.29, 0.717) is 26.9 Å². The van der Waals surface area contributed by atoms with E-state index in [4.69, 9.17) is 17.0 Å². The summed E-state index contributed by atoms with van der Waals surface area (Å²) in [5, 5.41) is 15.0. The first-order valence-corrected chi connectivity index (χ1v) is 8.67. The van der Waals surface area contributed by atoms with Crippen LogP contribution in [0.1, 0.15) is 11.1 Å². The van der Waals surface area contributed by atoms with E-state index in [2.05, 4.69) is 36.5 Å². The molecule has 0 aliphatic rings. The van der Waals surface area contributed by atoms with Crippen molar-refractivity contribution in [3.05, 3.63) is 75.4 Å². The van der Waals surface area contributed by atoms with Gasteiger partial charge >= 0.3 is 0 Å². The number of nitrogens with zero attached hydrogens (tertiary/aromatic N) is 2. The normalized spacial score (nSPS) is 10.4. The number of benzene rings is 2. The molecule has 0 amide bonds. The van der Waals surface area contributed by atoms with Crippen molar-refractivity contribution in [2.75, 3.05) is 10.6 Å². The monoisotopic (exact) mass is 415 g/mol. The maximum Gasteiger partial charge on any atom is 0.229 e. The first-order chi connectivity index (χ1) is 12.0. The molecule has 1 heterocycles. The second-order valence-corrected chi connectivity index (χ2v) is 6.57. The summed E-state index contributed by atoms with van der Waals surface area (Å²) in [7, 11) is 0. The van der Waals surface area contributed by atoms with Gasteiger partial charge in [-0.15, -0.1) is 0 Å². The van der Waals surface area contributed by atoms with E-state index in [0.717, 1.165) is 11.1 Å². The summed E-state index contributed by atoms with van der Waals surface area (Å²) in [5.74, 6) is 1.15.